The average Bonchev–Trinajstić information content (AvgIpc) is 2.48. The van der Waals surface area contributed by atoms with Crippen LogP contribution in [0.2, 0.25) is 5.02 Å². The molecule has 0 aliphatic carbocycles. The Morgan fingerprint density at radius 3 is 2.71 bits per heavy atom. The number of nitrogens with two attached hydrogens (primary N) is 1. The van der Waals surface area contributed by atoms with Gasteiger partial charge in [0.15, 0.2) is 0 Å². The first kappa shape index (κ1) is 15.8. The van der Waals surface area contributed by atoms with Crippen molar-refractivity contribution in [3.63, 3.8) is 0 Å². The molecular weight excluding hydrogens is 363 g/mol. The molecule has 1 amide bonds. The largest absolute Gasteiger partial charge is 0.489 e. The maximum absolute atomic E-state index is 13.3. The summed E-state index contributed by atoms with van der Waals surface area (Å²) >= 11 is 8.95. The van der Waals surface area contributed by atoms with Gasteiger partial charge >= 0.3 is 0 Å². The average molecular weight is 374 g/mol. The zero-order valence-corrected chi connectivity index (χ0v) is 13.0. The monoisotopic (exact) mass is 372 g/mol. The third kappa shape index (κ3) is 3.93. The van der Waals surface area contributed by atoms with Gasteiger partial charge in [0.2, 0.25) is 0 Å². The molecular formula is C14H11BrClFN2O2. The maximum atomic E-state index is 13.3. The summed E-state index contributed by atoms with van der Waals surface area (Å²) in [5, 5.41) is 0.0423. The number of hydrogen-bond donors (Lipinski definition) is 2. The Balaban J connectivity index is 2.09. The van der Waals surface area contributed by atoms with Gasteiger partial charge in [-0.15, -0.1) is 0 Å². The van der Waals surface area contributed by atoms with Crippen molar-refractivity contribution in [2.75, 3.05) is 0 Å². The van der Waals surface area contributed by atoms with Crippen LogP contribution in [0.25, 0.3) is 0 Å². The van der Waals surface area contributed by atoms with Crippen LogP contribution in [-0.4, -0.2) is 5.91 Å². The smallest absolute Gasteiger partial charge is 0.265 e. The number of benzene rings is 2. The molecule has 0 spiro atoms. The summed E-state index contributed by atoms with van der Waals surface area (Å²) < 4.78 is 19.5. The van der Waals surface area contributed by atoms with Crippen LogP contribution in [0.3, 0.4) is 0 Å². The van der Waals surface area contributed by atoms with Crippen molar-refractivity contribution in [3.05, 3.63) is 62.8 Å². The minimum Gasteiger partial charge on any atom is -0.489 e. The summed E-state index contributed by atoms with van der Waals surface area (Å²) in [7, 11) is 0. The lowest BCUT2D eigenvalue weighted by molar-refractivity contribution is 0.0953. The molecule has 0 heterocycles. The Labute approximate surface area is 134 Å². The van der Waals surface area contributed by atoms with Crippen molar-refractivity contribution in [2.45, 2.75) is 6.61 Å². The van der Waals surface area contributed by atoms with Gasteiger partial charge in [-0.3, -0.25) is 10.2 Å². The summed E-state index contributed by atoms with van der Waals surface area (Å²) in [4.78, 5) is 11.4. The minimum atomic E-state index is -0.539. The summed E-state index contributed by atoms with van der Waals surface area (Å²) in [5.41, 5.74) is 3.28. The second-order valence-electron chi connectivity index (χ2n) is 4.14. The molecule has 0 atom stereocenters. The number of carbonyl (C=O) groups is 1. The van der Waals surface area contributed by atoms with Gasteiger partial charge in [0.05, 0.1) is 5.02 Å². The Bertz CT molecular complexity index is 682. The van der Waals surface area contributed by atoms with E-state index >= 15 is 0 Å². The Hall–Kier alpha value is -1.63. The molecule has 0 aliphatic heterocycles. The van der Waals surface area contributed by atoms with E-state index in [0.717, 1.165) is 5.56 Å². The number of rotatable bonds is 4. The van der Waals surface area contributed by atoms with E-state index in [0.29, 0.717) is 15.8 Å². The molecule has 0 unspecified atom stereocenters. The fourth-order valence-corrected chi connectivity index (χ4v) is 2.23. The Kier molecular flexibility index (Phi) is 5.17. The number of ether oxygens (including phenoxy) is 1. The molecule has 0 radical (unpaired) electrons. The molecule has 0 bridgehead atoms. The molecule has 3 N–H and O–H groups in total. The predicted molar refractivity (Wildman–Crippen MR) is 81.5 cm³/mol. The number of carbonyl (C=O) groups excluding carboxylic acids is 1. The molecule has 0 aromatic heterocycles. The number of amides is 1. The van der Waals surface area contributed by atoms with E-state index < -0.39 is 5.82 Å². The van der Waals surface area contributed by atoms with Gasteiger partial charge < -0.3 is 4.74 Å². The third-order valence-electron chi connectivity index (χ3n) is 2.73. The molecule has 2 rings (SSSR count). The van der Waals surface area contributed by atoms with E-state index in [1.807, 2.05) is 0 Å². The summed E-state index contributed by atoms with van der Waals surface area (Å²) in [6, 6.07) is 9.19. The van der Waals surface area contributed by atoms with Gasteiger partial charge in [-0.25, -0.2) is 10.2 Å². The van der Waals surface area contributed by atoms with Gasteiger partial charge in [0.25, 0.3) is 5.91 Å². The zero-order chi connectivity index (χ0) is 15.4. The lowest BCUT2D eigenvalue weighted by Crippen LogP contribution is -2.29. The molecule has 0 saturated carbocycles. The Morgan fingerprint density at radius 2 is 2.10 bits per heavy atom. The topological polar surface area (TPSA) is 64.3 Å². The number of nitrogen functional groups attached to an aromatic ring is 1. The first-order valence-corrected chi connectivity index (χ1v) is 7.05. The summed E-state index contributed by atoms with van der Waals surface area (Å²) in [5.74, 6) is 4.51. The third-order valence-corrected chi connectivity index (χ3v) is 3.78. The molecule has 0 fully saturated rings. The zero-order valence-electron chi connectivity index (χ0n) is 10.7. The van der Waals surface area contributed by atoms with Gasteiger partial charge in [-0.2, -0.15) is 0 Å². The van der Waals surface area contributed by atoms with E-state index in [1.165, 1.54) is 12.1 Å². The fraction of sp³-hybridized carbons (Fsp3) is 0.0714. The highest BCUT2D eigenvalue weighted by Gasteiger charge is 2.08. The maximum Gasteiger partial charge on any atom is 0.265 e. The molecule has 2 aromatic rings. The van der Waals surface area contributed by atoms with Crippen LogP contribution in [0, 0.1) is 5.82 Å². The van der Waals surface area contributed by atoms with Crippen molar-refractivity contribution < 1.29 is 13.9 Å². The molecule has 4 nitrogen and oxygen atoms in total. The van der Waals surface area contributed by atoms with Crippen molar-refractivity contribution in [3.8, 4) is 5.75 Å². The molecule has 0 aliphatic rings. The van der Waals surface area contributed by atoms with E-state index in [2.05, 4.69) is 21.4 Å². The highest BCUT2D eigenvalue weighted by molar-refractivity contribution is 9.10. The normalized spacial score (nSPS) is 10.3. The van der Waals surface area contributed by atoms with Crippen molar-refractivity contribution in [1.82, 2.24) is 5.43 Å². The highest BCUT2D eigenvalue weighted by Crippen LogP contribution is 2.23. The van der Waals surface area contributed by atoms with Gasteiger partial charge in [-0.1, -0.05) is 33.6 Å². The molecule has 7 heteroatoms. The summed E-state index contributed by atoms with van der Waals surface area (Å²) in [6.45, 7) is 0.214. The van der Waals surface area contributed by atoms with E-state index in [1.54, 1.807) is 24.3 Å². The predicted octanol–water partition coefficient (Wildman–Crippen LogP) is 3.42. The second kappa shape index (κ2) is 6.89. The fourth-order valence-electron chi connectivity index (χ4n) is 1.62. The SMILES string of the molecule is NNC(=O)c1ccc(COc2ccc(Cl)c(F)c2)c(Br)c1. The molecule has 110 valence electrons. The van der Waals surface area contributed by atoms with E-state index in [-0.39, 0.29) is 17.5 Å². The van der Waals surface area contributed by atoms with Gasteiger partial charge in [0, 0.05) is 21.7 Å². The number of hydrogen-bond acceptors (Lipinski definition) is 3. The number of nitrogens with one attached hydrogen (secondary N) is 1. The molecule has 21 heavy (non-hydrogen) atoms. The van der Waals surface area contributed by atoms with Crippen molar-refractivity contribution >= 4 is 33.4 Å². The quantitative estimate of drug-likeness (QED) is 0.490. The van der Waals surface area contributed by atoms with Crippen molar-refractivity contribution in [2.24, 2.45) is 5.84 Å². The van der Waals surface area contributed by atoms with Crippen LogP contribution in [0.15, 0.2) is 40.9 Å². The van der Waals surface area contributed by atoms with Crippen LogP contribution >= 0.6 is 27.5 Å². The van der Waals surface area contributed by atoms with Crippen LogP contribution in [0.1, 0.15) is 15.9 Å². The number of halogens is 3. The first-order chi connectivity index (χ1) is 10.0. The summed E-state index contributed by atoms with van der Waals surface area (Å²) in [6.07, 6.45) is 0. The molecule has 0 saturated heterocycles. The number of hydrazine groups is 1. The van der Waals surface area contributed by atoms with Gasteiger partial charge in [-0.05, 0) is 24.3 Å². The van der Waals surface area contributed by atoms with Crippen molar-refractivity contribution in [1.29, 1.82) is 0 Å². The lowest BCUT2D eigenvalue weighted by Gasteiger charge is -2.09. The first-order valence-electron chi connectivity index (χ1n) is 5.88. The van der Waals surface area contributed by atoms with E-state index in [4.69, 9.17) is 22.2 Å². The second-order valence-corrected chi connectivity index (χ2v) is 5.41. The standard InChI is InChI=1S/C14H11BrClFN2O2/c15-11-5-8(14(20)19-18)1-2-9(11)7-21-10-3-4-12(16)13(17)6-10/h1-6H,7,18H2,(H,19,20). The minimum absolute atomic E-state index is 0.0423. The Morgan fingerprint density at radius 1 is 1.33 bits per heavy atom. The lowest BCUT2D eigenvalue weighted by atomic mass is 10.1. The van der Waals surface area contributed by atoms with Crippen LogP contribution in [0.5, 0.6) is 5.75 Å². The molecule has 2 aromatic carbocycles. The van der Waals surface area contributed by atoms with Crippen LogP contribution in [0.4, 0.5) is 4.39 Å². The van der Waals surface area contributed by atoms with Crippen LogP contribution in [-0.2, 0) is 6.61 Å². The van der Waals surface area contributed by atoms with E-state index in [9.17, 15) is 9.18 Å². The van der Waals surface area contributed by atoms with Gasteiger partial charge in [0.1, 0.15) is 18.2 Å². The van der Waals surface area contributed by atoms with Crippen LogP contribution < -0.4 is 16.0 Å². The highest BCUT2D eigenvalue weighted by atomic mass is 79.9.